The Balaban J connectivity index is 1.05. The van der Waals surface area contributed by atoms with E-state index in [1.807, 2.05) is 19.1 Å². The van der Waals surface area contributed by atoms with E-state index in [4.69, 9.17) is 23.7 Å². The fourth-order valence-electron chi connectivity index (χ4n) is 10.9. The van der Waals surface area contributed by atoms with E-state index in [9.17, 15) is 20.4 Å². The Morgan fingerprint density at radius 2 is 1.74 bits per heavy atom. The third-order valence-electron chi connectivity index (χ3n) is 13.6. The number of anilines is 1. The van der Waals surface area contributed by atoms with E-state index in [0.29, 0.717) is 52.7 Å². The zero-order valence-electron chi connectivity index (χ0n) is 33.2. The number of aliphatic hydroxyl groups is 3. The van der Waals surface area contributed by atoms with Crippen molar-refractivity contribution in [3.63, 3.8) is 0 Å². The second kappa shape index (κ2) is 14.9. The number of fused-ring (bicyclic) bond motifs is 6. The summed E-state index contributed by atoms with van der Waals surface area (Å²) in [5, 5.41) is 52.5. The van der Waals surface area contributed by atoms with Crippen LogP contribution in [0.25, 0.3) is 11.1 Å². The smallest absolute Gasteiger partial charge is 0.200 e. The van der Waals surface area contributed by atoms with Gasteiger partial charge in [0.05, 0.1) is 39.1 Å². The Bertz CT molecular complexity index is 2190. The molecule has 0 radical (unpaired) electrons. The van der Waals surface area contributed by atoms with Crippen molar-refractivity contribution in [1.29, 1.82) is 0 Å². The lowest BCUT2D eigenvalue weighted by Crippen LogP contribution is -2.42. The monoisotopic (exact) mass is 778 g/mol. The molecule has 0 saturated heterocycles. The van der Waals surface area contributed by atoms with Crippen LogP contribution in [0.1, 0.15) is 103 Å². The molecule has 57 heavy (non-hydrogen) atoms. The number of hydrogen-bond donors (Lipinski definition) is 6. The summed E-state index contributed by atoms with van der Waals surface area (Å²) in [5.74, 6) is 1.98. The van der Waals surface area contributed by atoms with Crippen LogP contribution in [-0.2, 0) is 18.3 Å². The lowest BCUT2D eigenvalue weighted by molar-refractivity contribution is 0.0822. The normalized spacial score (nSPS) is 25.5. The topological polar surface area (TPSA) is 151 Å². The Morgan fingerprint density at radius 3 is 2.53 bits per heavy atom. The van der Waals surface area contributed by atoms with E-state index < -0.39 is 18.2 Å². The molecular weight excluding hydrogens is 725 g/mol. The van der Waals surface area contributed by atoms with E-state index in [0.717, 1.165) is 53.7 Å². The molecule has 2 bridgehead atoms. The van der Waals surface area contributed by atoms with Gasteiger partial charge >= 0.3 is 0 Å². The molecule has 1 fully saturated rings. The number of phenols is 1. The zero-order valence-corrected chi connectivity index (χ0v) is 33.2. The number of methoxy groups -OCH3 is 2. The minimum absolute atomic E-state index is 0.0469. The second-order valence-electron chi connectivity index (χ2n) is 16.7. The van der Waals surface area contributed by atoms with Crippen LogP contribution in [0.15, 0.2) is 48.5 Å². The van der Waals surface area contributed by atoms with E-state index >= 15 is 0 Å². The summed E-state index contributed by atoms with van der Waals surface area (Å²) in [5.41, 5.74) is 9.27. The molecule has 4 aromatic carbocycles. The first-order valence-electron chi connectivity index (χ1n) is 20.5. The molecule has 0 amide bonds. The van der Waals surface area contributed by atoms with Gasteiger partial charge in [0.2, 0.25) is 5.75 Å². The van der Waals surface area contributed by atoms with Gasteiger partial charge in [0.25, 0.3) is 0 Å². The standard InChI is InChI=1S/C46H54N2O9/c1-5-47-23-57-35-18-33(53-3)28-12-13-29-39-32(48-45(52)42(35)41(28)39)17-34-40(29)43(50)30(22-56-34)25-15-36(54-4)44(51)37(16-25)55-21-26(20-49)38-24-9-8-14-46(2,19-24)31-11-7-6-10-27(31)38/h6-7,10-11,15-18,24,26,30,38,43,45,47-52H,5,8-9,12-14,19-23H2,1-4H3. The minimum Gasteiger partial charge on any atom is -0.502 e. The number of aliphatic hydroxyl groups excluding tert-OH is 3. The molecule has 4 aromatic rings. The number of nitrogens with one attached hydrogen (secondary N) is 2. The van der Waals surface area contributed by atoms with Gasteiger partial charge < -0.3 is 49.4 Å². The van der Waals surface area contributed by atoms with Crippen molar-refractivity contribution in [2.45, 2.75) is 82.0 Å². The summed E-state index contributed by atoms with van der Waals surface area (Å²) in [7, 11) is 3.14. The molecule has 3 aliphatic carbocycles. The van der Waals surface area contributed by atoms with Crippen LogP contribution in [0, 0.1) is 11.8 Å². The second-order valence-corrected chi connectivity index (χ2v) is 16.7. The summed E-state index contributed by atoms with van der Waals surface area (Å²) in [6.45, 7) is 5.71. The summed E-state index contributed by atoms with van der Waals surface area (Å²) < 4.78 is 30.6. The van der Waals surface area contributed by atoms with Gasteiger partial charge in [-0.25, -0.2) is 0 Å². The van der Waals surface area contributed by atoms with Crippen LogP contribution >= 0.6 is 0 Å². The highest BCUT2D eigenvalue weighted by atomic mass is 16.5. The maximum absolute atomic E-state index is 12.4. The van der Waals surface area contributed by atoms with E-state index in [2.05, 4.69) is 41.8 Å². The van der Waals surface area contributed by atoms with Crippen molar-refractivity contribution >= 4 is 5.69 Å². The maximum atomic E-state index is 12.4. The molecule has 7 atom stereocenters. The number of rotatable bonds is 12. The van der Waals surface area contributed by atoms with Crippen molar-refractivity contribution in [1.82, 2.24) is 5.32 Å². The molecule has 11 nitrogen and oxygen atoms in total. The molecule has 6 N–H and O–H groups in total. The molecule has 0 spiro atoms. The predicted molar refractivity (Wildman–Crippen MR) is 216 cm³/mol. The van der Waals surface area contributed by atoms with Gasteiger partial charge in [-0.2, -0.15) is 0 Å². The Labute approximate surface area is 333 Å². The fraction of sp³-hybridized carbons (Fsp3) is 0.478. The molecule has 1 saturated carbocycles. The highest BCUT2D eigenvalue weighted by molar-refractivity contribution is 5.93. The van der Waals surface area contributed by atoms with Crippen molar-refractivity contribution in [2.75, 3.05) is 52.6 Å². The first-order valence-corrected chi connectivity index (χ1v) is 20.5. The Hall–Kier alpha value is -4.68. The first-order chi connectivity index (χ1) is 27.7. The number of hydrogen-bond acceptors (Lipinski definition) is 11. The van der Waals surface area contributed by atoms with Gasteiger partial charge in [-0.3, -0.25) is 5.32 Å². The molecule has 302 valence electrons. The van der Waals surface area contributed by atoms with E-state index in [1.165, 1.54) is 24.7 Å². The average molecular weight is 779 g/mol. The predicted octanol–water partition coefficient (Wildman–Crippen LogP) is 6.98. The van der Waals surface area contributed by atoms with Gasteiger partial charge in [0.1, 0.15) is 24.0 Å². The van der Waals surface area contributed by atoms with Crippen LogP contribution < -0.4 is 34.3 Å². The molecule has 0 aromatic heterocycles. The number of ether oxygens (including phenoxy) is 5. The Morgan fingerprint density at radius 1 is 0.947 bits per heavy atom. The minimum atomic E-state index is -1.02. The number of benzene rings is 4. The van der Waals surface area contributed by atoms with Gasteiger partial charge in [0.15, 0.2) is 17.7 Å². The van der Waals surface area contributed by atoms with Crippen molar-refractivity contribution in [2.24, 2.45) is 11.8 Å². The third-order valence-corrected chi connectivity index (χ3v) is 13.6. The van der Waals surface area contributed by atoms with Gasteiger partial charge in [-0.15, -0.1) is 0 Å². The highest BCUT2D eigenvalue weighted by Gasteiger charge is 2.47. The van der Waals surface area contributed by atoms with Crippen LogP contribution in [-0.4, -0.2) is 67.7 Å². The lowest BCUT2D eigenvalue weighted by Gasteiger charge is -2.50. The van der Waals surface area contributed by atoms with Gasteiger partial charge in [-0.05, 0) is 90.3 Å². The molecule has 5 aliphatic rings. The summed E-state index contributed by atoms with van der Waals surface area (Å²) >= 11 is 0. The van der Waals surface area contributed by atoms with Crippen LogP contribution in [0.4, 0.5) is 5.69 Å². The van der Waals surface area contributed by atoms with Crippen LogP contribution in [0.5, 0.6) is 34.5 Å². The van der Waals surface area contributed by atoms with Crippen LogP contribution in [0.3, 0.4) is 0 Å². The highest BCUT2D eigenvalue weighted by Crippen LogP contribution is 2.58. The number of aromatic hydroxyl groups is 1. The van der Waals surface area contributed by atoms with Crippen molar-refractivity contribution in [3.8, 4) is 45.6 Å². The fourth-order valence-corrected chi connectivity index (χ4v) is 10.9. The quantitative estimate of drug-likeness (QED) is 0.0653. The van der Waals surface area contributed by atoms with Crippen molar-refractivity contribution in [3.05, 3.63) is 87.5 Å². The third kappa shape index (κ3) is 6.16. The zero-order chi connectivity index (χ0) is 39.6. The Kier molecular flexibility index (Phi) is 9.91. The van der Waals surface area contributed by atoms with E-state index in [1.54, 1.807) is 19.2 Å². The maximum Gasteiger partial charge on any atom is 0.200 e. The van der Waals surface area contributed by atoms with Gasteiger partial charge in [-0.1, -0.05) is 44.5 Å². The molecule has 2 heterocycles. The molecule has 7 unspecified atom stereocenters. The van der Waals surface area contributed by atoms with Crippen molar-refractivity contribution < 1.29 is 44.1 Å². The molecule has 11 heteroatoms. The largest absolute Gasteiger partial charge is 0.502 e. The summed E-state index contributed by atoms with van der Waals surface area (Å²) in [6.07, 6.45) is 3.82. The number of phenolic OH excluding ortho intramolecular Hbond substituents is 1. The average Bonchev–Trinajstić information content (AvgIpc) is 3.21. The molecule has 9 rings (SSSR count). The first kappa shape index (κ1) is 37.9. The molecular formula is C46H54N2O9. The van der Waals surface area contributed by atoms with E-state index in [-0.39, 0.29) is 61.1 Å². The SMILES string of the molecule is CCNCOc1cc(OC)c2c3c1C(O)Nc1cc4c(c(c1-3)CC2)C(O)C(c1cc(OC)c(O)c(OCC(CO)C2c3ccccc3C3(C)CCCC2C3)c1)CO4. The van der Waals surface area contributed by atoms with Gasteiger partial charge in [0, 0.05) is 58.5 Å². The summed E-state index contributed by atoms with van der Waals surface area (Å²) in [4.78, 5) is 0. The summed E-state index contributed by atoms with van der Waals surface area (Å²) in [6, 6.07) is 15.9. The molecule has 2 aliphatic heterocycles. The van der Waals surface area contributed by atoms with Crippen LogP contribution in [0.2, 0.25) is 0 Å². The lowest BCUT2D eigenvalue weighted by atomic mass is 9.55.